The van der Waals surface area contributed by atoms with Gasteiger partial charge >= 0.3 is 0 Å². The molecule has 0 saturated heterocycles. The fraction of sp³-hybridized carbons (Fsp3) is 0.727. The van der Waals surface area contributed by atoms with Crippen LogP contribution in [0.1, 0.15) is 39.0 Å². The number of anilines is 1. The Kier molecular flexibility index (Phi) is 3.07. The van der Waals surface area contributed by atoms with Crippen molar-refractivity contribution in [3.63, 3.8) is 0 Å². The molecule has 1 atom stereocenters. The number of imidazole rings is 1. The van der Waals surface area contributed by atoms with E-state index in [1.807, 2.05) is 6.20 Å². The smallest absolute Gasteiger partial charge is 0.123 e. The van der Waals surface area contributed by atoms with Crippen molar-refractivity contribution in [2.24, 2.45) is 5.92 Å². The highest BCUT2D eigenvalue weighted by Crippen LogP contribution is 2.27. The van der Waals surface area contributed by atoms with E-state index in [9.17, 15) is 0 Å². The van der Waals surface area contributed by atoms with Crippen LogP contribution in [0, 0.1) is 5.92 Å². The summed E-state index contributed by atoms with van der Waals surface area (Å²) in [7, 11) is 0. The van der Waals surface area contributed by atoms with Gasteiger partial charge in [0.05, 0.1) is 12.5 Å². The summed E-state index contributed by atoms with van der Waals surface area (Å²) < 4.78 is 0. The van der Waals surface area contributed by atoms with E-state index in [1.165, 1.54) is 32.1 Å². The molecule has 0 bridgehead atoms. The highest BCUT2D eigenvalue weighted by atomic mass is 15.1. The number of rotatable bonds is 3. The summed E-state index contributed by atoms with van der Waals surface area (Å²) in [5.41, 5.74) is 0. The Labute approximate surface area is 85.3 Å². The second-order valence-corrected chi connectivity index (χ2v) is 4.30. The average molecular weight is 193 g/mol. The number of H-pyrrole nitrogens is 1. The minimum Gasteiger partial charge on any atom is -0.368 e. The minimum absolute atomic E-state index is 0.566. The largest absolute Gasteiger partial charge is 0.368 e. The summed E-state index contributed by atoms with van der Waals surface area (Å²) in [6, 6.07) is 0.566. The molecule has 2 rings (SSSR count). The molecule has 1 heterocycles. The molecule has 1 aromatic heterocycles. The van der Waals surface area contributed by atoms with Crippen LogP contribution in [0.3, 0.4) is 0 Å². The average Bonchev–Trinajstić information content (AvgIpc) is 2.72. The molecule has 14 heavy (non-hydrogen) atoms. The standard InChI is InChI=1S/C11H19N3/c1-9(10-5-3-2-4-6-10)14-11-7-12-8-13-11/h7-10,14H,2-6H2,1H3,(H,12,13)/t9-/m1/s1. The van der Waals surface area contributed by atoms with Gasteiger partial charge in [-0.05, 0) is 25.7 Å². The van der Waals surface area contributed by atoms with Gasteiger partial charge in [-0.3, -0.25) is 0 Å². The molecule has 1 saturated carbocycles. The van der Waals surface area contributed by atoms with E-state index < -0.39 is 0 Å². The van der Waals surface area contributed by atoms with Crippen molar-refractivity contribution in [1.29, 1.82) is 0 Å². The van der Waals surface area contributed by atoms with Crippen LogP contribution in [-0.4, -0.2) is 16.0 Å². The van der Waals surface area contributed by atoms with Gasteiger partial charge in [0.15, 0.2) is 0 Å². The van der Waals surface area contributed by atoms with Gasteiger partial charge in [0.2, 0.25) is 0 Å². The topological polar surface area (TPSA) is 40.7 Å². The molecule has 0 spiro atoms. The maximum absolute atomic E-state index is 4.00. The third-order valence-electron chi connectivity index (χ3n) is 3.24. The molecule has 0 aliphatic heterocycles. The van der Waals surface area contributed by atoms with E-state index in [4.69, 9.17) is 0 Å². The lowest BCUT2D eigenvalue weighted by atomic mass is 9.84. The fourth-order valence-electron chi connectivity index (χ4n) is 2.33. The first kappa shape index (κ1) is 9.56. The highest BCUT2D eigenvalue weighted by Gasteiger charge is 2.19. The van der Waals surface area contributed by atoms with Gasteiger partial charge < -0.3 is 10.3 Å². The van der Waals surface area contributed by atoms with Crippen LogP contribution in [0.5, 0.6) is 0 Å². The number of aromatic amines is 1. The van der Waals surface area contributed by atoms with Crippen LogP contribution in [0.2, 0.25) is 0 Å². The minimum atomic E-state index is 0.566. The number of nitrogens with one attached hydrogen (secondary N) is 2. The molecule has 1 fully saturated rings. The van der Waals surface area contributed by atoms with E-state index >= 15 is 0 Å². The van der Waals surface area contributed by atoms with Gasteiger partial charge in [0, 0.05) is 6.04 Å². The van der Waals surface area contributed by atoms with Crippen LogP contribution in [0.25, 0.3) is 0 Å². The van der Waals surface area contributed by atoms with E-state index in [0.717, 1.165) is 11.7 Å². The second-order valence-electron chi connectivity index (χ2n) is 4.30. The molecule has 3 heteroatoms. The molecule has 3 nitrogen and oxygen atoms in total. The molecule has 0 aromatic carbocycles. The number of nitrogens with zero attached hydrogens (tertiary/aromatic N) is 1. The van der Waals surface area contributed by atoms with E-state index in [0.29, 0.717) is 6.04 Å². The van der Waals surface area contributed by atoms with Gasteiger partial charge in [-0.15, -0.1) is 0 Å². The van der Waals surface area contributed by atoms with Gasteiger partial charge in [-0.1, -0.05) is 19.3 Å². The van der Waals surface area contributed by atoms with Gasteiger partial charge in [0.25, 0.3) is 0 Å². The van der Waals surface area contributed by atoms with Crippen LogP contribution in [-0.2, 0) is 0 Å². The van der Waals surface area contributed by atoms with Crippen molar-refractivity contribution in [2.75, 3.05) is 5.32 Å². The van der Waals surface area contributed by atoms with Crippen LogP contribution < -0.4 is 5.32 Å². The van der Waals surface area contributed by atoms with Crippen molar-refractivity contribution < 1.29 is 0 Å². The quantitative estimate of drug-likeness (QED) is 0.775. The first-order valence-corrected chi connectivity index (χ1v) is 5.61. The van der Waals surface area contributed by atoms with E-state index in [-0.39, 0.29) is 0 Å². The molecule has 0 amide bonds. The monoisotopic (exact) mass is 193 g/mol. The Balaban J connectivity index is 1.85. The van der Waals surface area contributed by atoms with Crippen molar-refractivity contribution in [3.8, 4) is 0 Å². The summed E-state index contributed by atoms with van der Waals surface area (Å²) in [6.45, 7) is 2.27. The summed E-state index contributed by atoms with van der Waals surface area (Å²) in [4.78, 5) is 7.09. The molecule has 1 aliphatic rings. The summed E-state index contributed by atoms with van der Waals surface area (Å²) in [5, 5.41) is 3.47. The molecule has 0 radical (unpaired) electrons. The predicted octanol–water partition coefficient (Wildman–Crippen LogP) is 2.79. The third-order valence-corrected chi connectivity index (χ3v) is 3.24. The Morgan fingerprint density at radius 2 is 2.21 bits per heavy atom. The summed E-state index contributed by atoms with van der Waals surface area (Å²) in [5.74, 6) is 1.88. The van der Waals surface area contributed by atoms with E-state index in [1.54, 1.807) is 6.33 Å². The molecular formula is C11H19N3. The normalized spacial score (nSPS) is 20.6. The van der Waals surface area contributed by atoms with Gasteiger partial charge in [-0.25, -0.2) is 4.98 Å². The highest BCUT2D eigenvalue weighted by molar-refractivity contribution is 5.31. The number of hydrogen-bond acceptors (Lipinski definition) is 2. The summed E-state index contributed by atoms with van der Waals surface area (Å²) >= 11 is 0. The molecule has 1 aliphatic carbocycles. The molecule has 1 aromatic rings. The van der Waals surface area contributed by atoms with Crippen LogP contribution in [0.4, 0.5) is 5.82 Å². The summed E-state index contributed by atoms with van der Waals surface area (Å²) in [6.07, 6.45) is 10.5. The second kappa shape index (κ2) is 4.49. The lowest BCUT2D eigenvalue weighted by Crippen LogP contribution is -2.27. The van der Waals surface area contributed by atoms with Crippen molar-refractivity contribution >= 4 is 5.82 Å². The molecule has 0 unspecified atom stereocenters. The third kappa shape index (κ3) is 2.28. The molecule has 2 N–H and O–H groups in total. The zero-order valence-corrected chi connectivity index (χ0v) is 8.79. The maximum Gasteiger partial charge on any atom is 0.123 e. The lowest BCUT2D eigenvalue weighted by molar-refractivity contribution is 0.328. The van der Waals surface area contributed by atoms with Crippen LogP contribution in [0.15, 0.2) is 12.5 Å². The van der Waals surface area contributed by atoms with Crippen LogP contribution >= 0.6 is 0 Å². The maximum atomic E-state index is 4.00. The Bertz CT molecular complexity index is 250. The van der Waals surface area contributed by atoms with Gasteiger partial charge in [0.1, 0.15) is 5.82 Å². The Morgan fingerprint density at radius 3 is 2.86 bits per heavy atom. The SMILES string of the molecule is C[C@@H](Nc1cnc[nH]1)C1CCCCC1. The predicted molar refractivity (Wildman–Crippen MR) is 58.2 cm³/mol. The van der Waals surface area contributed by atoms with Crippen molar-refractivity contribution in [3.05, 3.63) is 12.5 Å². The van der Waals surface area contributed by atoms with Crippen molar-refractivity contribution in [2.45, 2.75) is 45.1 Å². The fourth-order valence-corrected chi connectivity index (χ4v) is 2.33. The van der Waals surface area contributed by atoms with E-state index in [2.05, 4.69) is 22.2 Å². The Hall–Kier alpha value is -0.990. The number of aromatic nitrogens is 2. The molecule has 78 valence electrons. The zero-order valence-electron chi connectivity index (χ0n) is 8.79. The first-order valence-electron chi connectivity index (χ1n) is 5.61. The first-order chi connectivity index (χ1) is 6.86. The zero-order chi connectivity index (χ0) is 9.80. The molecular weight excluding hydrogens is 174 g/mol. The Morgan fingerprint density at radius 1 is 1.43 bits per heavy atom. The number of hydrogen-bond donors (Lipinski definition) is 2. The van der Waals surface area contributed by atoms with Gasteiger partial charge in [-0.2, -0.15) is 0 Å². The van der Waals surface area contributed by atoms with Crippen molar-refractivity contribution in [1.82, 2.24) is 9.97 Å². The lowest BCUT2D eigenvalue weighted by Gasteiger charge is -2.28.